The smallest absolute Gasteiger partial charge is 0.142 e. The van der Waals surface area contributed by atoms with E-state index in [0.29, 0.717) is 0 Å². The summed E-state index contributed by atoms with van der Waals surface area (Å²) >= 11 is 0. The molecular formula is C50H56N8. The van der Waals surface area contributed by atoms with Gasteiger partial charge in [-0.15, -0.1) is 0 Å². The van der Waals surface area contributed by atoms with Crippen molar-refractivity contribution in [1.82, 2.24) is 19.9 Å². The Morgan fingerprint density at radius 1 is 0.328 bits per heavy atom. The van der Waals surface area contributed by atoms with E-state index < -0.39 is 0 Å². The fourth-order valence-electron chi connectivity index (χ4n) is 8.97. The van der Waals surface area contributed by atoms with E-state index >= 15 is 0 Å². The van der Waals surface area contributed by atoms with Crippen LogP contribution in [0.4, 0.5) is 23.3 Å². The number of aromatic nitrogens is 4. The highest BCUT2D eigenvalue weighted by atomic mass is 15.1. The zero-order valence-electron chi connectivity index (χ0n) is 34.0. The van der Waals surface area contributed by atoms with Gasteiger partial charge in [0.05, 0.1) is 0 Å². The third kappa shape index (κ3) is 8.02. The van der Waals surface area contributed by atoms with E-state index in [4.69, 9.17) is 20.0 Å². The first kappa shape index (κ1) is 37.8. The first-order valence-electron chi connectivity index (χ1n) is 22.1. The van der Waals surface area contributed by atoms with E-state index in [1.54, 1.807) is 0 Å². The van der Waals surface area contributed by atoms with Crippen molar-refractivity contribution in [2.75, 3.05) is 0 Å². The zero-order valence-corrected chi connectivity index (χ0v) is 34.0. The number of aryl methyl sites for hydroxylation is 1. The van der Waals surface area contributed by atoms with Crippen LogP contribution in [0.25, 0.3) is 43.1 Å². The van der Waals surface area contributed by atoms with Gasteiger partial charge in [0.25, 0.3) is 0 Å². The van der Waals surface area contributed by atoms with E-state index in [0.717, 1.165) is 101 Å². The lowest BCUT2D eigenvalue weighted by Crippen LogP contribution is -2.10. The van der Waals surface area contributed by atoms with Gasteiger partial charge >= 0.3 is 0 Å². The molecule has 8 aromatic rings. The SMILES string of the molecule is CCCCCCCCCCCCCCCCCCc1cccc2c3[nH]c(c12)N=c1[nH]c(c2ccccc12)=Nc1[nH]c(c2ccccc12)N=c1[nH]c(c2ccccc12)=N3. The summed E-state index contributed by atoms with van der Waals surface area (Å²) < 4.78 is 0. The minimum atomic E-state index is 0.743. The molecule has 0 amide bonds. The molecule has 1 aliphatic rings. The van der Waals surface area contributed by atoms with Gasteiger partial charge in [0, 0.05) is 43.1 Å². The molecule has 0 unspecified atom stereocenters. The summed E-state index contributed by atoms with van der Waals surface area (Å²) in [6.45, 7) is 2.30. The number of H-pyrrole nitrogens is 4. The maximum Gasteiger partial charge on any atom is 0.142 e. The number of benzene rings is 4. The largest absolute Gasteiger partial charge is 0.324 e. The Kier molecular flexibility index (Phi) is 11.6. The molecule has 0 atom stereocenters. The monoisotopic (exact) mass is 768 g/mol. The molecule has 296 valence electrons. The topological polar surface area (TPSA) is 113 Å². The lowest BCUT2D eigenvalue weighted by molar-refractivity contribution is 0.529. The molecule has 1 aliphatic heterocycles. The van der Waals surface area contributed by atoms with Crippen LogP contribution in [-0.2, 0) is 6.42 Å². The Labute approximate surface area is 339 Å². The first-order valence-corrected chi connectivity index (χ1v) is 22.1. The minimum absolute atomic E-state index is 0.743. The third-order valence-electron chi connectivity index (χ3n) is 12.1. The molecule has 8 nitrogen and oxygen atoms in total. The van der Waals surface area contributed by atoms with Crippen LogP contribution < -0.4 is 22.0 Å². The average Bonchev–Trinajstić information content (AvgIpc) is 3.99. The van der Waals surface area contributed by atoms with Crippen LogP contribution in [0.1, 0.15) is 115 Å². The standard InChI is InChI=1S/C50H56N8/c1-2-3-4-5-6-7-8-9-10-11-12-13-14-15-16-17-25-34-26-24-33-41-42(34)50-57-48-40-32-23-22-31-39(40)46(55-48)53-44-36-28-19-18-27-35(36)43(51-44)52-45-37-29-20-21-30-38(37)47(54-45)56-49(41)58-50/h18-24,26-33H,2-17,25H2,1H3,(H4,51,52,53,54,55,56,57,58). The number of nitrogens with one attached hydrogen (secondary N) is 4. The Morgan fingerprint density at radius 3 is 1.12 bits per heavy atom. The van der Waals surface area contributed by atoms with Crippen molar-refractivity contribution in [1.29, 1.82) is 0 Å². The fraction of sp³-hybridized carbons (Fsp3) is 0.360. The highest BCUT2D eigenvalue weighted by Crippen LogP contribution is 2.37. The molecule has 0 fully saturated rings. The van der Waals surface area contributed by atoms with Gasteiger partial charge in [0.2, 0.25) is 0 Å². The number of fused-ring (bicyclic) bond motifs is 20. The molecule has 8 bridgehead atoms. The summed E-state index contributed by atoms with van der Waals surface area (Å²) in [6.07, 6.45) is 22.9. The van der Waals surface area contributed by atoms with E-state index in [2.05, 4.69) is 106 Å². The molecule has 4 N–H and O–H groups in total. The molecule has 4 aromatic carbocycles. The van der Waals surface area contributed by atoms with E-state index in [1.807, 2.05) is 12.1 Å². The lowest BCUT2D eigenvalue weighted by Gasteiger charge is -2.06. The zero-order chi connectivity index (χ0) is 39.1. The summed E-state index contributed by atoms with van der Waals surface area (Å²) in [7, 11) is 0. The van der Waals surface area contributed by atoms with Gasteiger partial charge in [-0.3, -0.25) is 0 Å². The van der Waals surface area contributed by atoms with Crippen LogP contribution in [0.15, 0.2) is 111 Å². The molecule has 0 radical (unpaired) electrons. The molecule has 4 aromatic heterocycles. The van der Waals surface area contributed by atoms with Crippen molar-refractivity contribution in [3.05, 3.63) is 119 Å². The highest BCUT2D eigenvalue weighted by Gasteiger charge is 2.17. The Balaban J connectivity index is 1.01. The second-order valence-corrected chi connectivity index (χ2v) is 16.3. The van der Waals surface area contributed by atoms with Crippen LogP contribution in [0.2, 0.25) is 0 Å². The lowest BCUT2D eigenvalue weighted by atomic mass is 10.00. The van der Waals surface area contributed by atoms with Gasteiger partial charge in [-0.05, 0) is 18.4 Å². The summed E-state index contributed by atoms with van der Waals surface area (Å²) in [6, 6.07) is 31.5. The van der Waals surface area contributed by atoms with E-state index in [1.165, 1.54) is 102 Å². The van der Waals surface area contributed by atoms with Gasteiger partial charge in [-0.1, -0.05) is 194 Å². The maximum atomic E-state index is 5.37. The predicted molar refractivity (Wildman–Crippen MR) is 240 cm³/mol. The molecule has 58 heavy (non-hydrogen) atoms. The molecule has 9 rings (SSSR count). The quantitative estimate of drug-likeness (QED) is 0.0661. The van der Waals surface area contributed by atoms with E-state index in [-0.39, 0.29) is 0 Å². The summed E-state index contributed by atoms with van der Waals surface area (Å²) in [5.41, 5.74) is 4.32. The van der Waals surface area contributed by atoms with Crippen molar-refractivity contribution in [2.24, 2.45) is 20.0 Å². The van der Waals surface area contributed by atoms with Crippen LogP contribution in [0.5, 0.6) is 0 Å². The van der Waals surface area contributed by atoms with Crippen molar-refractivity contribution in [3.63, 3.8) is 0 Å². The second kappa shape index (κ2) is 17.8. The fourth-order valence-corrected chi connectivity index (χ4v) is 8.97. The van der Waals surface area contributed by atoms with Gasteiger partial charge in [-0.2, -0.15) is 0 Å². The van der Waals surface area contributed by atoms with Gasteiger partial charge in [-0.25, -0.2) is 20.0 Å². The van der Waals surface area contributed by atoms with Crippen molar-refractivity contribution < 1.29 is 0 Å². The number of nitrogens with zero attached hydrogens (tertiary/aromatic N) is 4. The van der Waals surface area contributed by atoms with Crippen LogP contribution in [0, 0.1) is 0 Å². The van der Waals surface area contributed by atoms with Crippen LogP contribution >= 0.6 is 0 Å². The Morgan fingerprint density at radius 2 is 0.672 bits per heavy atom. The van der Waals surface area contributed by atoms with Gasteiger partial charge < -0.3 is 19.9 Å². The number of hydrogen-bond donors (Lipinski definition) is 4. The number of unbranched alkanes of at least 4 members (excludes halogenated alkanes) is 15. The molecule has 0 spiro atoms. The van der Waals surface area contributed by atoms with Gasteiger partial charge in [0.1, 0.15) is 45.2 Å². The third-order valence-corrected chi connectivity index (χ3v) is 12.1. The molecule has 8 heteroatoms. The first-order chi connectivity index (χ1) is 28.7. The maximum absolute atomic E-state index is 5.37. The molecule has 5 heterocycles. The summed E-state index contributed by atoms with van der Waals surface area (Å²) in [5, 5.41) is 8.24. The summed E-state index contributed by atoms with van der Waals surface area (Å²) in [5.74, 6) is 3.07. The molecule has 0 saturated carbocycles. The molecule has 0 saturated heterocycles. The van der Waals surface area contributed by atoms with Crippen LogP contribution in [-0.4, -0.2) is 19.9 Å². The number of aromatic amines is 4. The number of rotatable bonds is 17. The van der Waals surface area contributed by atoms with Crippen molar-refractivity contribution in [2.45, 2.75) is 116 Å². The predicted octanol–water partition coefficient (Wildman–Crippen LogP) is 12.5. The van der Waals surface area contributed by atoms with Gasteiger partial charge in [0.15, 0.2) is 0 Å². The van der Waals surface area contributed by atoms with E-state index in [9.17, 15) is 0 Å². The van der Waals surface area contributed by atoms with Crippen LogP contribution in [0.3, 0.4) is 0 Å². The normalized spacial score (nSPS) is 12.6. The molecular weight excluding hydrogens is 713 g/mol. The summed E-state index contributed by atoms with van der Waals surface area (Å²) in [4.78, 5) is 35.5. The minimum Gasteiger partial charge on any atom is -0.324 e. The average molecular weight is 769 g/mol. The highest BCUT2D eigenvalue weighted by molar-refractivity contribution is 6.02. The second-order valence-electron chi connectivity index (χ2n) is 16.3. The molecule has 0 aliphatic carbocycles. The number of hydrogen-bond acceptors (Lipinski definition) is 4. The Bertz CT molecular complexity index is 2910. The Hall–Kier alpha value is -5.76. The van der Waals surface area contributed by atoms with Crippen molar-refractivity contribution in [3.8, 4) is 0 Å². The van der Waals surface area contributed by atoms with Crippen molar-refractivity contribution >= 4 is 66.4 Å².